The second kappa shape index (κ2) is 8.68. The Morgan fingerprint density at radius 3 is 1.71 bits per heavy atom. The van der Waals surface area contributed by atoms with Crippen LogP contribution in [-0.2, 0) is 0 Å². The number of nitrogens with zero attached hydrogens (tertiary/aromatic N) is 4. The van der Waals surface area contributed by atoms with Gasteiger partial charge in [0.05, 0.1) is 0 Å². The third-order valence-corrected chi connectivity index (χ3v) is 5.97. The van der Waals surface area contributed by atoms with Gasteiger partial charge in [-0.3, -0.25) is 4.98 Å². The van der Waals surface area contributed by atoms with Gasteiger partial charge in [0.15, 0.2) is 11.6 Å². The lowest BCUT2D eigenvalue weighted by Gasteiger charge is -2.08. The monoisotopic (exact) mass is 436 g/mol. The van der Waals surface area contributed by atoms with Crippen molar-refractivity contribution in [1.29, 1.82) is 0 Å². The van der Waals surface area contributed by atoms with Gasteiger partial charge in [-0.25, -0.2) is 15.0 Å². The standard InChI is InChI=1S/C30H20N4/c1-2-6-27-23(4-1)5-3-7-28(27)24-10-14-26(15-11-24)30-33-20-32-29(34-30)25-12-8-21(9-13-25)22-16-18-31-19-17-22/h1-20H. The molecule has 0 aliphatic heterocycles. The fourth-order valence-corrected chi connectivity index (χ4v) is 4.21. The molecule has 6 rings (SSSR count). The average molecular weight is 437 g/mol. The van der Waals surface area contributed by atoms with E-state index in [4.69, 9.17) is 4.98 Å². The quantitative estimate of drug-likeness (QED) is 0.296. The molecule has 4 heteroatoms. The van der Waals surface area contributed by atoms with E-state index in [1.807, 2.05) is 24.3 Å². The fourth-order valence-electron chi connectivity index (χ4n) is 4.21. The highest BCUT2D eigenvalue weighted by Crippen LogP contribution is 2.30. The zero-order chi connectivity index (χ0) is 22.7. The van der Waals surface area contributed by atoms with Crippen molar-refractivity contribution in [3.63, 3.8) is 0 Å². The van der Waals surface area contributed by atoms with E-state index >= 15 is 0 Å². The number of pyridine rings is 1. The Labute approximate surface area is 197 Å². The van der Waals surface area contributed by atoms with Gasteiger partial charge in [-0.1, -0.05) is 91.0 Å². The maximum Gasteiger partial charge on any atom is 0.163 e. The first-order chi connectivity index (χ1) is 16.8. The van der Waals surface area contributed by atoms with Crippen LogP contribution in [0.4, 0.5) is 0 Å². The summed E-state index contributed by atoms with van der Waals surface area (Å²) in [4.78, 5) is 17.6. The molecule has 2 heterocycles. The van der Waals surface area contributed by atoms with Crippen molar-refractivity contribution < 1.29 is 0 Å². The molecule has 0 radical (unpaired) electrons. The Bertz CT molecular complexity index is 1570. The van der Waals surface area contributed by atoms with Crippen LogP contribution in [0.3, 0.4) is 0 Å². The van der Waals surface area contributed by atoms with Crippen molar-refractivity contribution in [2.75, 3.05) is 0 Å². The summed E-state index contributed by atoms with van der Waals surface area (Å²) in [5.74, 6) is 1.32. The van der Waals surface area contributed by atoms with Crippen LogP contribution in [0, 0.1) is 0 Å². The molecule has 0 amide bonds. The Balaban J connectivity index is 1.30. The zero-order valence-corrected chi connectivity index (χ0v) is 18.3. The van der Waals surface area contributed by atoms with Gasteiger partial charge < -0.3 is 0 Å². The van der Waals surface area contributed by atoms with Gasteiger partial charge in [-0.05, 0) is 45.2 Å². The average Bonchev–Trinajstić information content (AvgIpc) is 2.93. The van der Waals surface area contributed by atoms with Gasteiger partial charge >= 0.3 is 0 Å². The highest BCUT2D eigenvalue weighted by Gasteiger charge is 2.09. The van der Waals surface area contributed by atoms with Crippen molar-refractivity contribution in [1.82, 2.24) is 19.9 Å². The summed E-state index contributed by atoms with van der Waals surface area (Å²) >= 11 is 0. The smallest absolute Gasteiger partial charge is 0.163 e. The molecule has 0 atom stereocenters. The molecule has 2 aromatic heterocycles. The minimum Gasteiger partial charge on any atom is -0.265 e. The Hall–Kier alpha value is -4.70. The van der Waals surface area contributed by atoms with E-state index in [0.29, 0.717) is 11.6 Å². The first-order valence-corrected chi connectivity index (χ1v) is 11.1. The minimum absolute atomic E-state index is 0.657. The predicted octanol–water partition coefficient (Wildman–Crippen LogP) is 7.09. The van der Waals surface area contributed by atoms with E-state index in [1.165, 1.54) is 21.9 Å². The van der Waals surface area contributed by atoms with Gasteiger partial charge in [0.25, 0.3) is 0 Å². The molecular weight excluding hydrogens is 416 g/mol. The Morgan fingerprint density at radius 1 is 0.441 bits per heavy atom. The molecule has 0 N–H and O–H groups in total. The van der Waals surface area contributed by atoms with Crippen LogP contribution < -0.4 is 0 Å². The molecule has 4 aromatic carbocycles. The lowest BCUT2D eigenvalue weighted by molar-refractivity contribution is 1.07. The molecule has 34 heavy (non-hydrogen) atoms. The third kappa shape index (κ3) is 3.82. The first kappa shape index (κ1) is 19.9. The van der Waals surface area contributed by atoms with E-state index in [-0.39, 0.29) is 0 Å². The van der Waals surface area contributed by atoms with Crippen molar-refractivity contribution in [2.45, 2.75) is 0 Å². The van der Waals surface area contributed by atoms with Crippen LogP contribution in [0.15, 0.2) is 122 Å². The largest absolute Gasteiger partial charge is 0.265 e. The second-order valence-electron chi connectivity index (χ2n) is 8.05. The molecule has 0 spiro atoms. The van der Waals surface area contributed by atoms with E-state index < -0.39 is 0 Å². The summed E-state index contributed by atoms with van der Waals surface area (Å²) in [6.45, 7) is 0. The van der Waals surface area contributed by atoms with Crippen molar-refractivity contribution in [3.8, 4) is 45.0 Å². The highest BCUT2D eigenvalue weighted by molar-refractivity contribution is 5.96. The van der Waals surface area contributed by atoms with Gasteiger partial charge in [0, 0.05) is 23.5 Å². The molecule has 6 aromatic rings. The molecule has 0 bridgehead atoms. The Kier molecular flexibility index (Phi) is 5.09. The van der Waals surface area contributed by atoms with Crippen LogP contribution in [0.2, 0.25) is 0 Å². The lowest BCUT2D eigenvalue weighted by Crippen LogP contribution is -1.95. The normalized spacial score (nSPS) is 10.9. The molecule has 4 nitrogen and oxygen atoms in total. The summed E-state index contributed by atoms with van der Waals surface area (Å²) in [5.41, 5.74) is 6.56. The second-order valence-corrected chi connectivity index (χ2v) is 8.05. The fraction of sp³-hybridized carbons (Fsp3) is 0. The molecule has 0 aliphatic rings. The minimum atomic E-state index is 0.657. The van der Waals surface area contributed by atoms with E-state index in [2.05, 4.69) is 93.8 Å². The maximum atomic E-state index is 4.74. The van der Waals surface area contributed by atoms with Crippen molar-refractivity contribution in [2.24, 2.45) is 0 Å². The predicted molar refractivity (Wildman–Crippen MR) is 137 cm³/mol. The van der Waals surface area contributed by atoms with Crippen molar-refractivity contribution >= 4 is 10.8 Å². The molecule has 0 saturated carbocycles. The van der Waals surface area contributed by atoms with Gasteiger partial charge in [-0.15, -0.1) is 0 Å². The maximum absolute atomic E-state index is 4.74. The number of aromatic nitrogens is 4. The summed E-state index contributed by atoms with van der Waals surface area (Å²) in [6.07, 6.45) is 5.17. The van der Waals surface area contributed by atoms with Crippen LogP contribution in [0.25, 0.3) is 55.8 Å². The van der Waals surface area contributed by atoms with Gasteiger partial charge in [-0.2, -0.15) is 0 Å². The molecule has 0 aliphatic carbocycles. The molecule has 0 fully saturated rings. The first-order valence-electron chi connectivity index (χ1n) is 11.1. The summed E-state index contributed by atoms with van der Waals surface area (Å²) in [6, 6.07) is 35.5. The summed E-state index contributed by atoms with van der Waals surface area (Å²) in [5, 5.41) is 2.48. The van der Waals surface area contributed by atoms with Crippen LogP contribution >= 0.6 is 0 Å². The number of fused-ring (bicyclic) bond motifs is 1. The van der Waals surface area contributed by atoms with E-state index in [0.717, 1.165) is 22.3 Å². The molecule has 160 valence electrons. The van der Waals surface area contributed by atoms with Crippen LogP contribution in [-0.4, -0.2) is 19.9 Å². The summed E-state index contributed by atoms with van der Waals surface area (Å²) < 4.78 is 0. The van der Waals surface area contributed by atoms with Gasteiger partial charge in [0.1, 0.15) is 6.33 Å². The number of hydrogen-bond donors (Lipinski definition) is 0. The van der Waals surface area contributed by atoms with Crippen LogP contribution in [0.1, 0.15) is 0 Å². The SMILES string of the molecule is c1ccc2c(-c3ccc(-c4ncnc(-c5ccc(-c6ccncc6)cc5)n4)cc3)cccc2c1. The lowest BCUT2D eigenvalue weighted by atomic mass is 9.97. The van der Waals surface area contributed by atoms with E-state index in [9.17, 15) is 0 Å². The Morgan fingerprint density at radius 2 is 1.00 bits per heavy atom. The van der Waals surface area contributed by atoms with Crippen molar-refractivity contribution in [3.05, 3.63) is 122 Å². The third-order valence-electron chi connectivity index (χ3n) is 5.97. The highest BCUT2D eigenvalue weighted by atomic mass is 15.0. The number of benzene rings is 4. The van der Waals surface area contributed by atoms with E-state index in [1.54, 1.807) is 18.7 Å². The zero-order valence-electron chi connectivity index (χ0n) is 18.3. The molecule has 0 saturated heterocycles. The van der Waals surface area contributed by atoms with Crippen LogP contribution in [0.5, 0.6) is 0 Å². The molecule has 0 unspecified atom stereocenters. The number of rotatable bonds is 4. The topological polar surface area (TPSA) is 51.6 Å². The molecular formula is C30H20N4. The van der Waals surface area contributed by atoms with Gasteiger partial charge in [0.2, 0.25) is 0 Å². The number of hydrogen-bond acceptors (Lipinski definition) is 4. The summed E-state index contributed by atoms with van der Waals surface area (Å²) in [7, 11) is 0.